The number of Topliss-reactive ketones (excluding diaryl/α,β-unsaturated/α-hetero) is 1. The van der Waals surface area contributed by atoms with Gasteiger partial charge in [0.15, 0.2) is 5.78 Å². The Morgan fingerprint density at radius 1 is 1.30 bits per heavy atom. The molecule has 0 aliphatic rings. The summed E-state index contributed by atoms with van der Waals surface area (Å²) in [6, 6.07) is 11.2. The molecule has 0 aliphatic heterocycles. The van der Waals surface area contributed by atoms with Gasteiger partial charge in [0.25, 0.3) is 0 Å². The second-order valence-corrected chi connectivity index (χ2v) is 6.36. The van der Waals surface area contributed by atoms with Crippen LogP contribution in [0, 0.1) is 0 Å². The summed E-state index contributed by atoms with van der Waals surface area (Å²) in [7, 11) is 0. The van der Waals surface area contributed by atoms with Crippen molar-refractivity contribution in [3.63, 3.8) is 0 Å². The van der Waals surface area contributed by atoms with Gasteiger partial charge in [-0.3, -0.25) is 4.79 Å². The van der Waals surface area contributed by atoms with Gasteiger partial charge in [-0.15, -0.1) is 11.3 Å². The van der Waals surface area contributed by atoms with E-state index in [0.29, 0.717) is 17.8 Å². The first-order chi connectivity index (χ1) is 9.63. The summed E-state index contributed by atoms with van der Waals surface area (Å²) in [6.45, 7) is 0. The molecule has 0 saturated heterocycles. The van der Waals surface area contributed by atoms with Gasteiger partial charge in [0, 0.05) is 32.2 Å². The lowest BCUT2D eigenvalue weighted by Gasteiger charge is -2.05. The van der Waals surface area contributed by atoms with Gasteiger partial charge in [-0.05, 0) is 34.1 Å². The van der Waals surface area contributed by atoms with Crippen LogP contribution in [0.25, 0.3) is 10.9 Å². The average Bonchev–Trinajstić information content (AvgIpc) is 2.84. The molecule has 2 N–H and O–H groups in total. The van der Waals surface area contributed by atoms with Crippen molar-refractivity contribution < 1.29 is 4.79 Å². The number of nitrogens with two attached hydrogens (primary N) is 1. The van der Waals surface area contributed by atoms with Gasteiger partial charge >= 0.3 is 0 Å². The standard InChI is InChI=1S/C15H11BrN2OS/c16-9-5-10(20-8-9)6-15(19)14-7-12(17)11-3-1-2-4-13(11)18-14/h1-5,7-8H,6H2,(H2,17,18). The summed E-state index contributed by atoms with van der Waals surface area (Å²) in [5.74, 6) is -0.0168. The highest BCUT2D eigenvalue weighted by molar-refractivity contribution is 9.10. The van der Waals surface area contributed by atoms with Gasteiger partial charge in [0.1, 0.15) is 5.69 Å². The number of fused-ring (bicyclic) bond motifs is 1. The molecule has 1 aromatic carbocycles. The van der Waals surface area contributed by atoms with E-state index in [1.807, 2.05) is 35.7 Å². The molecule has 3 aromatic rings. The van der Waals surface area contributed by atoms with Crippen LogP contribution in [-0.4, -0.2) is 10.8 Å². The van der Waals surface area contributed by atoms with Gasteiger partial charge in [-0.1, -0.05) is 18.2 Å². The second-order valence-electron chi connectivity index (χ2n) is 4.45. The Balaban J connectivity index is 1.95. The van der Waals surface area contributed by atoms with E-state index in [0.717, 1.165) is 20.3 Å². The molecule has 0 atom stereocenters. The van der Waals surface area contributed by atoms with Crippen molar-refractivity contribution in [3.8, 4) is 0 Å². The predicted molar refractivity (Wildman–Crippen MR) is 86.2 cm³/mol. The first-order valence-electron chi connectivity index (χ1n) is 6.05. The highest BCUT2D eigenvalue weighted by Gasteiger charge is 2.12. The summed E-state index contributed by atoms with van der Waals surface area (Å²) in [5.41, 5.74) is 7.76. The fourth-order valence-electron chi connectivity index (χ4n) is 2.04. The molecule has 0 aliphatic carbocycles. The summed E-state index contributed by atoms with van der Waals surface area (Å²) in [4.78, 5) is 17.7. The number of halogens is 1. The van der Waals surface area contributed by atoms with Gasteiger partial charge in [0.05, 0.1) is 5.52 Å². The Morgan fingerprint density at radius 3 is 2.85 bits per heavy atom. The van der Waals surface area contributed by atoms with E-state index in [1.165, 1.54) is 0 Å². The number of carbonyl (C=O) groups excluding carboxylic acids is 1. The molecule has 3 nitrogen and oxygen atoms in total. The molecule has 100 valence electrons. The Bertz CT molecular complexity index is 797. The molecule has 0 spiro atoms. The first-order valence-corrected chi connectivity index (χ1v) is 7.72. The molecule has 0 bridgehead atoms. The van der Waals surface area contributed by atoms with Crippen molar-refractivity contribution in [2.24, 2.45) is 0 Å². The average molecular weight is 347 g/mol. The maximum Gasteiger partial charge on any atom is 0.186 e. The number of rotatable bonds is 3. The number of ketones is 1. The van der Waals surface area contributed by atoms with E-state index in [-0.39, 0.29) is 5.78 Å². The number of benzene rings is 1. The van der Waals surface area contributed by atoms with Crippen molar-refractivity contribution in [1.29, 1.82) is 0 Å². The zero-order valence-electron chi connectivity index (χ0n) is 10.5. The lowest BCUT2D eigenvalue weighted by molar-refractivity contribution is 0.0989. The number of carbonyl (C=O) groups is 1. The van der Waals surface area contributed by atoms with Gasteiger partial charge in [-0.25, -0.2) is 4.98 Å². The first kappa shape index (κ1) is 13.3. The van der Waals surface area contributed by atoms with Crippen LogP contribution in [0.2, 0.25) is 0 Å². The van der Waals surface area contributed by atoms with Crippen molar-refractivity contribution >= 4 is 49.6 Å². The summed E-state index contributed by atoms with van der Waals surface area (Å²) in [5, 5.41) is 2.84. The smallest absolute Gasteiger partial charge is 0.186 e. The van der Waals surface area contributed by atoms with E-state index >= 15 is 0 Å². The lowest BCUT2D eigenvalue weighted by atomic mass is 10.1. The van der Waals surface area contributed by atoms with Crippen LogP contribution in [-0.2, 0) is 6.42 Å². The third kappa shape index (κ3) is 2.59. The summed E-state index contributed by atoms with van der Waals surface area (Å²) >= 11 is 4.94. The van der Waals surface area contributed by atoms with E-state index in [9.17, 15) is 4.79 Å². The molecule has 5 heteroatoms. The van der Waals surface area contributed by atoms with E-state index in [2.05, 4.69) is 20.9 Å². The molecule has 20 heavy (non-hydrogen) atoms. The predicted octanol–water partition coefficient (Wildman–Crippen LogP) is 4.07. The number of hydrogen-bond acceptors (Lipinski definition) is 4. The molecule has 2 heterocycles. The quantitative estimate of drug-likeness (QED) is 0.727. The number of nitrogens with zero attached hydrogens (tertiary/aromatic N) is 1. The van der Waals surface area contributed by atoms with Crippen LogP contribution in [0.4, 0.5) is 5.69 Å². The summed E-state index contributed by atoms with van der Waals surface area (Å²) < 4.78 is 0.997. The van der Waals surface area contributed by atoms with Gasteiger partial charge < -0.3 is 5.73 Å². The van der Waals surface area contributed by atoms with E-state index in [1.54, 1.807) is 17.4 Å². The van der Waals surface area contributed by atoms with Crippen LogP contribution in [0.3, 0.4) is 0 Å². The van der Waals surface area contributed by atoms with Crippen molar-refractivity contribution in [2.45, 2.75) is 6.42 Å². The number of thiophene rings is 1. The van der Waals surface area contributed by atoms with Crippen LogP contribution >= 0.6 is 27.3 Å². The number of pyridine rings is 1. The number of nitrogen functional groups attached to an aromatic ring is 1. The molecule has 0 unspecified atom stereocenters. The summed E-state index contributed by atoms with van der Waals surface area (Å²) in [6.07, 6.45) is 0.348. The SMILES string of the molecule is Nc1cc(C(=O)Cc2cc(Br)cs2)nc2ccccc12. The lowest BCUT2D eigenvalue weighted by Crippen LogP contribution is -2.06. The minimum atomic E-state index is -0.0168. The Morgan fingerprint density at radius 2 is 2.10 bits per heavy atom. The Hall–Kier alpha value is -1.72. The number of anilines is 1. The highest BCUT2D eigenvalue weighted by atomic mass is 79.9. The topological polar surface area (TPSA) is 56.0 Å². The maximum atomic E-state index is 12.3. The fourth-order valence-corrected chi connectivity index (χ4v) is 3.49. The molecule has 0 amide bonds. The van der Waals surface area contributed by atoms with Crippen molar-refractivity contribution in [3.05, 3.63) is 56.8 Å². The van der Waals surface area contributed by atoms with Crippen LogP contribution in [0.1, 0.15) is 15.4 Å². The van der Waals surface area contributed by atoms with E-state index in [4.69, 9.17) is 5.73 Å². The molecular formula is C15H11BrN2OS. The third-order valence-electron chi connectivity index (χ3n) is 2.99. The number of hydrogen-bond donors (Lipinski definition) is 1. The molecule has 2 aromatic heterocycles. The monoisotopic (exact) mass is 346 g/mol. The van der Waals surface area contributed by atoms with E-state index < -0.39 is 0 Å². The Kier molecular flexibility index (Phi) is 3.54. The number of aromatic nitrogens is 1. The minimum Gasteiger partial charge on any atom is -0.398 e. The Labute approximate surface area is 128 Å². The van der Waals surface area contributed by atoms with Gasteiger partial charge in [0.2, 0.25) is 0 Å². The molecule has 3 rings (SSSR count). The zero-order chi connectivity index (χ0) is 14.1. The maximum absolute atomic E-state index is 12.3. The molecular weight excluding hydrogens is 336 g/mol. The van der Waals surface area contributed by atoms with Crippen molar-refractivity contribution in [1.82, 2.24) is 4.98 Å². The van der Waals surface area contributed by atoms with Crippen molar-refractivity contribution in [2.75, 3.05) is 5.73 Å². The molecule has 0 radical (unpaired) electrons. The normalized spacial score (nSPS) is 10.8. The zero-order valence-corrected chi connectivity index (χ0v) is 12.9. The second kappa shape index (κ2) is 5.34. The van der Waals surface area contributed by atoms with Crippen LogP contribution in [0.5, 0.6) is 0 Å². The molecule has 0 fully saturated rings. The largest absolute Gasteiger partial charge is 0.398 e. The minimum absolute atomic E-state index is 0.0168. The third-order valence-corrected chi connectivity index (χ3v) is 4.69. The van der Waals surface area contributed by atoms with Gasteiger partial charge in [-0.2, -0.15) is 0 Å². The van der Waals surface area contributed by atoms with Crippen LogP contribution < -0.4 is 5.73 Å². The number of para-hydroxylation sites is 1. The molecule has 0 saturated carbocycles. The highest BCUT2D eigenvalue weighted by Crippen LogP contribution is 2.23. The fraction of sp³-hybridized carbons (Fsp3) is 0.0667. The van der Waals surface area contributed by atoms with Crippen LogP contribution in [0.15, 0.2) is 46.3 Å².